The number of amides is 1. The quantitative estimate of drug-likeness (QED) is 0.344. The molecule has 1 heterocycles. The van der Waals surface area contributed by atoms with E-state index in [4.69, 9.17) is 10.3 Å². The summed E-state index contributed by atoms with van der Waals surface area (Å²) in [6, 6.07) is 9.74. The van der Waals surface area contributed by atoms with Gasteiger partial charge in [0.25, 0.3) is 5.91 Å². The molecule has 1 amide bonds. The minimum Gasteiger partial charge on any atom is -0.369 e. The molecule has 0 aromatic heterocycles. The lowest BCUT2D eigenvalue weighted by molar-refractivity contribution is -0.165. The van der Waals surface area contributed by atoms with Crippen molar-refractivity contribution in [2.75, 3.05) is 20.2 Å². The number of likely N-dealkylation sites (tertiary alicyclic amines) is 1. The topological polar surface area (TPSA) is 78.3 Å². The molecule has 1 aliphatic heterocycles. The summed E-state index contributed by atoms with van der Waals surface area (Å²) in [5, 5.41) is 3.45. The van der Waals surface area contributed by atoms with E-state index < -0.39 is 6.10 Å². The first kappa shape index (κ1) is 14.1. The molecule has 2 atom stereocenters. The van der Waals surface area contributed by atoms with Gasteiger partial charge in [-0.3, -0.25) is 4.79 Å². The predicted molar refractivity (Wildman–Crippen MR) is 75.8 cm³/mol. The van der Waals surface area contributed by atoms with E-state index in [0.717, 1.165) is 5.56 Å². The Balaban J connectivity index is 2.04. The van der Waals surface area contributed by atoms with Crippen LogP contribution in [0.15, 0.2) is 41.5 Å². The van der Waals surface area contributed by atoms with Crippen molar-refractivity contribution in [3.8, 4) is 0 Å². The van der Waals surface area contributed by atoms with Gasteiger partial charge in [-0.15, -0.1) is 0 Å². The van der Waals surface area contributed by atoms with Gasteiger partial charge in [-0.25, -0.2) is 0 Å². The normalized spacial score (nSPS) is 21.6. The number of β-lactam (4-membered cyclic amide) rings is 1. The molecular weight excluding hydrogens is 256 g/mol. The van der Waals surface area contributed by atoms with Crippen molar-refractivity contribution in [3.05, 3.63) is 52.4 Å². The predicted octanol–water partition coefficient (Wildman–Crippen LogP) is 2.24. The molecule has 0 unspecified atom stereocenters. The number of ether oxygens (including phenoxy) is 1. The summed E-state index contributed by atoms with van der Waals surface area (Å²) in [5.74, 6) is -0.0663. The zero-order chi connectivity index (χ0) is 14.4. The van der Waals surface area contributed by atoms with E-state index in [0.29, 0.717) is 6.54 Å². The maximum atomic E-state index is 11.8. The van der Waals surface area contributed by atoms with E-state index in [1.165, 1.54) is 7.11 Å². The molecule has 0 N–H and O–H groups in total. The van der Waals surface area contributed by atoms with Gasteiger partial charge >= 0.3 is 0 Å². The number of hydrogen-bond donors (Lipinski definition) is 0. The lowest BCUT2D eigenvalue weighted by atomic mass is 9.96. The Bertz CT molecular complexity index is 537. The van der Waals surface area contributed by atoms with E-state index in [2.05, 4.69) is 10.0 Å². The number of carbonyl (C=O) groups excluding carboxylic acids is 1. The highest BCUT2D eigenvalue weighted by molar-refractivity contribution is 5.89. The lowest BCUT2D eigenvalue weighted by Gasteiger charge is -2.44. The van der Waals surface area contributed by atoms with Crippen LogP contribution in [0, 0.1) is 0 Å². The smallest absolute Gasteiger partial charge is 0.254 e. The SMILES string of the molecule is CO[C@H]1C(=O)N(CCN=[N+]=[N-])[C@H]1/C=C/c1ccccc1. The Morgan fingerprint density at radius 1 is 1.45 bits per heavy atom. The number of carbonyl (C=O) groups is 1. The van der Waals surface area contributed by atoms with Crippen molar-refractivity contribution in [2.24, 2.45) is 5.11 Å². The molecule has 0 radical (unpaired) electrons. The third-order valence-electron chi connectivity index (χ3n) is 3.24. The highest BCUT2D eigenvalue weighted by Crippen LogP contribution is 2.24. The average Bonchev–Trinajstić information content (AvgIpc) is 2.48. The standard InChI is InChI=1S/C14H16N4O2/c1-20-13-12(8-7-11-5-3-2-4-6-11)18(14(13)19)10-9-16-17-15/h2-8,12-13H,9-10H2,1H3/b8-7+/t12-,13+/m0/s1. The molecule has 1 aromatic rings. The first-order chi connectivity index (χ1) is 9.77. The van der Waals surface area contributed by atoms with Gasteiger partial charge in [-0.1, -0.05) is 47.6 Å². The van der Waals surface area contributed by atoms with Gasteiger partial charge in [0, 0.05) is 25.1 Å². The van der Waals surface area contributed by atoms with Crippen LogP contribution < -0.4 is 0 Å². The Morgan fingerprint density at radius 2 is 2.20 bits per heavy atom. The number of hydrogen-bond acceptors (Lipinski definition) is 3. The fourth-order valence-corrected chi connectivity index (χ4v) is 2.21. The molecule has 6 heteroatoms. The van der Waals surface area contributed by atoms with Crippen LogP contribution in [0.2, 0.25) is 0 Å². The van der Waals surface area contributed by atoms with Crippen LogP contribution in [0.3, 0.4) is 0 Å². The zero-order valence-electron chi connectivity index (χ0n) is 11.2. The van der Waals surface area contributed by atoms with E-state index >= 15 is 0 Å². The molecule has 20 heavy (non-hydrogen) atoms. The second-order valence-corrected chi connectivity index (χ2v) is 4.40. The molecule has 104 valence electrons. The van der Waals surface area contributed by atoms with Gasteiger partial charge in [0.15, 0.2) is 6.10 Å². The fraction of sp³-hybridized carbons (Fsp3) is 0.357. The van der Waals surface area contributed by atoms with Crippen molar-refractivity contribution in [3.63, 3.8) is 0 Å². The molecule has 0 aliphatic carbocycles. The Kier molecular flexibility index (Phi) is 4.76. The van der Waals surface area contributed by atoms with E-state index in [-0.39, 0.29) is 18.5 Å². The maximum Gasteiger partial charge on any atom is 0.254 e. The average molecular weight is 272 g/mol. The summed E-state index contributed by atoms with van der Waals surface area (Å²) in [7, 11) is 1.52. The lowest BCUT2D eigenvalue weighted by Crippen LogP contribution is -2.64. The molecule has 0 bridgehead atoms. The van der Waals surface area contributed by atoms with Gasteiger partial charge < -0.3 is 9.64 Å². The highest BCUT2D eigenvalue weighted by Gasteiger charge is 2.45. The van der Waals surface area contributed by atoms with Crippen molar-refractivity contribution >= 4 is 12.0 Å². The number of azide groups is 1. The molecular formula is C14H16N4O2. The maximum absolute atomic E-state index is 11.8. The van der Waals surface area contributed by atoms with E-state index in [1.54, 1.807) is 4.90 Å². The second-order valence-electron chi connectivity index (χ2n) is 4.40. The summed E-state index contributed by atoms with van der Waals surface area (Å²) in [6.07, 6.45) is 3.46. The van der Waals surface area contributed by atoms with E-state index in [1.807, 2.05) is 42.5 Å². The molecule has 6 nitrogen and oxygen atoms in total. The largest absolute Gasteiger partial charge is 0.369 e. The highest BCUT2D eigenvalue weighted by atomic mass is 16.5. The van der Waals surface area contributed by atoms with Gasteiger partial charge in [0.1, 0.15) is 0 Å². The minimum atomic E-state index is -0.443. The van der Waals surface area contributed by atoms with Crippen LogP contribution in [0.1, 0.15) is 5.56 Å². The third kappa shape index (κ3) is 2.99. The summed E-state index contributed by atoms with van der Waals surface area (Å²) in [4.78, 5) is 16.2. The molecule has 0 spiro atoms. The number of nitrogens with zero attached hydrogens (tertiary/aromatic N) is 4. The van der Waals surface area contributed by atoms with Crippen molar-refractivity contribution in [1.82, 2.24) is 4.90 Å². The number of methoxy groups -OCH3 is 1. The van der Waals surface area contributed by atoms with Crippen LogP contribution in [0.5, 0.6) is 0 Å². The van der Waals surface area contributed by atoms with Crippen molar-refractivity contribution < 1.29 is 9.53 Å². The van der Waals surface area contributed by atoms with Crippen molar-refractivity contribution in [2.45, 2.75) is 12.1 Å². The molecule has 1 aliphatic rings. The van der Waals surface area contributed by atoms with Gasteiger partial charge in [-0.2, -0.15) is 0 Å². The number of benzene rings is 1. The Hall–Kier alpha value is -2.30. The summed E-state index contributed by atoms with van der Waals surface area (Å²) in [6.45, 7) is 0.681. The fourth-order valence-electron chi connectivity index (χ4n) is 2.21. The summed E-state index contributed by atoms with van der Waals surface area (Å²) >= 11 is 0. The molecule has 1 fully saturated rings. The van der Waals surface area contributed by atoms with Crippen LogP contribution >= 0.6 is 0 Å². The van der Waals surface area contributed by atoms with Crippen LogP contribution in [-0.4, -0.2) is 43.2 Å². The van der Waals surface area contributed by atoms with Crippen LogP contribution in [0.4, 0.5) is 0 Å². The first-order valence-electron chi connectivity index (χ1n) is 6.35. The molecule has 0 saturated carbocycles. The van der Waals surface area contributed by atoms with Gasteiger partial charge in [0.2, 0.25) is 0 Å². The molecule has 2 rings (SSSR count). The van der Waals surface area contributed by atoms with Gasteiger partial charge in [0.05, 0.1) is 6.04 Å². The van der Waals surface area contributed by atoms with Crippen LogP contribution in [0.25, 0.3) is 16.5 Å². The first-order valence-corrected chi connectivity index (χ1v) is 6.35. The third-order valence-corrected chi connectivity index (χ3v) is 3.24. The zero-order valence-corrected chi connectivity index (χ0v) is 11.2. The second kappa shape index (κ2) is 6.75. The minimum absolute atomic E-state index is 0.0663. The monoisotopic (exact) mass is 272 g/mol. The summed E-state index contributed by atoms with van der Waals surface area (Å²) < 4.78 is 5.19. The van der Waals surface area contributed by atoms with Crippen molar-refractivity contribution in [1.29, 1.82) is 0 Å². The number of rotatable bonds is 6. The molecule has 1 saturated heterocycles. The Labute approximate surface area is 117 Å². The summed E-state index contributed by atoms with van der Waals surface area (Å²) in [5.41, 5.74) is 9.33. The molecule has 1 aromatic carbocycles. The van der Waals surface area contributed by atoms with Gasteiger partial charge in [-0.05, 0) is 11.1 Å². The van der Waals surface area contributed by atoms with Crippen LogP contribution in [-0.2, 0) is 9.53 Å². The Morgan fingerprint density at radius 3 is 2.85 bits per heavy atom. The van der Waals surface area contributed by atoms with E-state index in [9.17, 15) is 4.79 Å².